The standard InChI is InChI=1S/C20H19Cl3N4O2S/c1-4-27-18(12-7-5-6-8-17(12)29-3)25-26-20(27)30-11(2)19(28)24-16-10-14(22)13(21)9-15(16)23/h5-11H,4H2,1-3H3,(H,24,28). The number of nitrogens with zero attached hydrogens (tertiary/aromatic N) is 3. The summed E-state index contributed by atoms with van der Waals surface area (Å²) in [5.41, 5.74) is 1.23. The fourth-order valence-electron chi connectivity index (χ4n) is 2.75. The Bertz CT molecular complexity index is 1070. The van der Waals surface area contributed by atoms with E-state index in [1.165, 1.54) is 23.9 Å². The zero-order valence-corrected chi connectivity index (χ0v) is 19.5. The number of aromatic nitrogens is 3. The normalized spacial score (nSPS) is 11.9. The largest absolute Gasteiger partial charge is 0.496 e. The van der Waals surface area contributed by atoms with Crippen molar-refractivity contribution in [1.29, 1.82) is 0 Å². The number of halogens is 3. The Balaban J connectivity index is 1.80. The van der Waals surface area contributed by atoms with Gasteiger partial charge in [0.15, 0.2) is 11.0 Å². The van der Waals surface area contributed by atoms with E-state index in [1.54, 1.807) is 14.0 Å². The van der Waals surface area contributed by atoms with Gasteiger partial charge in [0.25, 0.3) is 0 Å². The van der Waals surface area contributed by atoms with E-state index in [-0.39, 0.29) is 5.91 Å². The summed E-state index contributed by atoms with van der Waals surface area (Å²) in [6.45, 7) is 4.41. The molecular formula is C20H19Cl3N4O2S. The van der Waals surface area contributed by atoms with E-state index in [1.807, 2.05) is 35.8 Å². The van der Waals surface area contributed by atoms with Crippen molar-refractivity contribution in [1.82, 2.24) is 14.8 Å². The van der Waals surface area contributed by atoms with Crippen LogP contribution in [-0.4, -0.2) is 33.0 Å². The van der Waals surface area contributed by atoms with E-state index in [9.17, 15) is 4.79 Å². The number of nitrogens with one attached hydrogen (secondary N) is 1. The van der Waals surface area contributed by atoms with Gasteiger partial charge in [-0.05, 0) is 38.1 Å². The lowest BCUT2D eigenvalue weighted by atomic mass is 10.2. The zero-order valence-electron chi connectivity index (χ0n) is 16.4. The maximum Gasteiger partial charge on any atom is 0.237 e. The van der Waals surface area contributed by atoms with Crippen LogP contribution in [0.2, 0.25) is 15.1 Å². The topological polar surface area (TPSA) is 69.0 Å². The van der Waals surface area contributed by atoms with Crippen molar-refractivity contribution in [2.24, 2.45) is 0 Å². The molecule has 0 saturated heterocycles. The van der Waals surface area contributed by atoms with Crippen molar-refractivity contribution >= 4 is 58.2 Å². The fourth-order valence-corrected chi connectivity index (χ4v) is 4.26. The third-order valence-electron chi connectivity index (χ3n) is 4.30. The van der Waals surface area contributed by atoms with Crippen molar-refractivity contribution in [3.8, 4) is 17.1 Å². The smallest absolute Gasteiger partial charge is 0.237 e. The van der Waals surface area contributed by atoms with Crippen molar-refractivity contribution in [3.05, 3.63) is 51.5 Å². The van der Waals surface area contributed by atoms with Crippen LogP contribution in [0.3, 0.4) is 0 Å². The first-order valence-corrected chi connectivity index (χ1v) is 11.1. The summed E-state index contributed by atoms with van der Waals surface area (Å²) in [5.74, 6) is 1.14. The molecule has 0 saturated carbocycles. The Labute approximate surface area is 193 Å². The molecule has 0 radical (unpaired) electrons. The molecule has 30 heavy (non-hydrogen) atoms. The molecule has 6 nitrogen and oxygen atoms in total. The van der Waals surface area contributed by atoms with Crippen LogP contribution in [0.15, 0.2) is 41.6 Å². The summed E-state index contributed by atoms with van der Waals surface area (Å²) >= 11 is 19.4. The number of carbonyl (C=O) groups is 1. The lowest BCUT2D eigenvalue weighted by molar-refractivity contribution is -0.115. The lowest BCUT2D eigenvalue weighted by Crippen LogP contribution is -2.23. The van der Waals surface area contributed by atoms with Gasteiger partial charge >= 0.3 is 0 Å². The number of anilines is 1. The number of carbonyl (C=O) groups excluding carboxylic acids is 1. The van der Waals surface area contributed by atoms with Gasteiger partial charge in [0, 0.05) is 6.54 Å². The van der Waals surface area contributed by atoms with Crippen LogP contribution < -0.4 is 10.1 Å². The highest BCUT2D eigenvalue weighted by atomic mass is 35.5. The molecule has 3 aromatic rings. The molecule has 0 bridgehead atoms. The van der Waals surface area contributed by atoms with E-state index in [0.29, 0.717) is 44.0 Å². The second-order valence-corrected chi connectivity index (χ2v) is 8.78. The molecule has 1 atom stereocenters. The summed E-state index contributed by atoms with van der Waals surface area (Å²) < 4.78 is 7.38. The molecule has 0 aliphatic rings. The van der Waals surface area contributed by atoms with Gasteiger partial charge < -0.3 is 14.6 Å². The molecule has 0 aliphatic carbocycles. The van der Waals surface area contributed by atoms with E-state index >= 15 is 0 Å². The molecule has 1 amide bonds. The van der Waals surface area contributed by atoms with Gasteiger partial charge in [-0.2, -0.15) is 0 Å². The van der Waals surface area contributed by atoms with Crippen LogP contribution in [0.5, 0.6) is 5.75 Å². The average molecular weight is 486 g/mol. The van der Waals surface area contributed by atoms with Gasteiger partial charge in [0.05, 0.1) is 38.7 Å². The molecule has 1 unspecified atom stereocenters. The highest BCUT2D eigenvalue weighted by Crippen LogP contribution is 2.34. The zero-order chi connectivity index (χ0) is 21.8. The molecule has 0 spiro atoms. The van der Waals surface area contributed by atoms with Gasteiger partial charge in [-0.15, -0.1) is 10.2 Å². The predicted octanol–water partition coefficient (Wildman–Crippen LogP) is 6.05. The third kappa shape index (κ3) is 4.86. The maximum atomic E-state index is 12.7. The van der Waals surface area contributed by atoms with Crippen molar-refractivity contribution in [3.63, 3.8) is 0 Å². The summed E-state index contributed by atoms with van der Waals surface area (Å²) in [6.07, 6.45) is 0. The van der Waals surface area contributed by atoms with Crippen molar-refractivity contribution < 1.29 is 9.53 Å². The van der Waals surface area contributed by atoms with Crippen LogP contribution in [0.1, 0.15) is 13.8 Å². The fraction of sp³-hybridized carbons (Fsp3) is 0.250. The molecule has 1 N–H and O–H groups in total. The number of hydrogen-bond acceptors (Lipinski definition) is 5. The summed E-state index contributed by atoms with van der Waals surface area (Å²) in [7, 11) is 1.61. The number of para-hydroxylation sites is 1. The number of ether oxygens (including phenoxy) is 1. The van der Waals surface area contributed by atoms with Crippen LogP contribution in [0, 0.1) is 0 Å². The van der Waals surface area contributed by atoms with Gasteiger partial charge in [-0.25, -0.2) is 0 Å². The monoisotopic (exact) mass is 484 g/mol. The van der Waals surface area contributed by atoms with E-state index in [4.69, 9.17) is 39.5 Å². The Morgan fingerprint density at radius 3 is 2.57 bits per heavy atom. The van der Waals surface area contributed by atoms with Crippen LogP contribution in [0.25, 0.3) is 11.4 Å². The van der Waals surface area contributed by atoms with E-state index in [2.05, 4.69) is 15.5 Å². The maximum absolute atomic E-state index is 12.7. The first-order chi connectivity index (χ1) is 14.3. The SMILES string of the molecule is CCn1c(SC(C)C(=O)Nc2cc(Cl)c(Cl)cc2Cl)nnc1-c1ccccc1OC. The van der Waals surface area contributed by atoms with Gasteiger partial charge in [0.2, 0.25) is 5.91 Å². The van der Waals surface area contributed by atoms with E-state index < -0.39 is 5.25 Å². The van der Waals surface area contributed by atoms with Crippen molar-refractivity contribution in [2.75, 3.05) is 12.4 Å². The molecule has 1 aromatic heterocycles. The Morgan fingerprint density at radius 2 is 1.87 bits per heavy atom. The summed E-state index contributed by atoms with van der Waals surface area (Å²) in [4.78, 5) is 12.7. The predicted molar refractivity (Wildman–Crippen MR) is 123 cm³/mol. The molecule has 0 fully saturated rings. The summed E-state index contributed by atoms with van der Waals surface area (Å²) in [5, 5.41) is 12.5. The first kappa shape index (κ1) is 22.7. The number of amides is 1. The second-order valence-electron chi connectivity index (χ2n) is 6.25. The third-order valence-corrected chi connectivity index (χ3v) is 6.42. The van der Waals surface area contributed by atoms with E-state index in [0.717, 1.165) is 5.56 Å². The minimum atomic E-state index is -0.462. The quantitative estimate of drug-likeness (QED) is 0.326. The number of thioether (sulfide) groups is 1. The molecule has 3 rings (SSSR count). The van der Waals surface area contributed by atoms with Gasteiger partial charge in [0.1, 0.15) is 5.75 Å². The first-order valence-electron chi connectivity index (χ1n) is 9.04. The molecule has 10 heteroatoms. The molecule has 158 valence electrons. The number of benzene rings is 2. The minimum absolute atomic E-state index is 0.246. The minimum Gasteiger partial charge on any atom is -0.496 e. The van der Waals surface area contributed by atoms with Crippen LogP contribution in [-0.2, 0) is 11.3 Å². The highest BCUT2D eigenvalue weighted by molar-refractivity contribution is 8.00. The van der Waals surface area contributed by atoms with Crippen LogP contribution >= 0.6 is 46.6 Å². The van der Waals surface area contributed by atoms with Gasteiger partial charge in [-0.3, -0.25) is 4.79 Å². The lowest BCUT2D eigenvalue weighted by Gasteiger charge is -2.14. The Morgan fingerprint density at radius 1 is 1.17 bits per heavy atom. The Kier molecular flexibility index (Phi) is 7.52. The highest BCUT2D eigenvalue weighted by Gasteiger charge is 2.22. The Hall–Kier alpha value is -1.93. The molecular weight excluding hydrogens is 467 g/mol. The number of rotatable bonds is 7. The molecule has 2 aromatic carbocycles. The van der Waals surface area contributed by atoms with Crippen LogP contribution in [0.4, 0.5) is 5.69 Å². The number of hydrogen-bond donors (Lipinski definition) is 1. The summed E-state index contributed by atoms with van der Waals surface area (Å²) in [6, 6.07) is 10.6. The van der Waals surface area contributed by atoms with Gasteiger partial charge in [-0.1, -0.05) is 58.7 Å². The molecule has 0 aliphatic heterocycles. The van der Waals surface area contributed by atoms with Crippen molar-refractivity contribution in [2.45, 2.75) is 30.8 Å². The average Bonchev–Trinajstić information content (AvgIpc) is 3.14. The second kappa shape index (κ2) is 9.92. The number of methoxy groups -OCH3 is 1. The molecule has 1 heterocycles.